The van der Waals surface area contributed by atoms with Crippen LogP contribution in [0.25, 0.3) is 5.57 Å². The minimum Gasteiger partial charge on any atom is -0.380 e. The van der Waals surface area contributed by atoms with Crippen molar-refractivity contribution in [2.24, 2.45) is 0 Å². The van der Waals surface area contributed by atoms with Gasteiger partial charge < -0.3 is 9.84 Å². The standard InChI is InChI=1S/C11H12O2/c1-9(11(12)7-13-8-11)10-5-3-2-4-6-10/h2-6,12H,1,7-8H2. The summed E-state index contributed by atoms with van der Waals surface area (Å²) in [6.45, 7) is 4.61. The van der Waals surface area contributed by atoms with Crippen LogP contribution in [0.15, 0.2) is 36.9 Å². The molecule has 0 unspecified atom stereocenters. The van der Waals surface area contributed by atoms with Gasteiger partial charge in [-0.3, -0.25) is 0 Å². The second-order valence-electron chi connectivity index (χ2n) is 3.37. The predicted octanol–water partition coefficient (Wildman–Crippen LogP) is 1.46. The summed E-state index contributed by atoms with van der Waals surface area (Å²) in [6.07, 6.45) is 0. The van der Waals surface area contributed by atoms with Crippen LogP contribution in [0.1, 0.15) is 5.56 Å². The SMILES string of the molecule is C=C(c1ccccc1)C1(O)COC1. The molecule has 0 amide bonds. The fourth-order valence-corrected chi connectivity index (χ4v) is 1.38. The molecular weight excluding hydrogens is 164 g/mol. The number of benzene rings is 1. The molecule has 2 nitrogen and oxygen atoms in total. The summed E-state index contributed by atoms with van der Waals surface area (Å²) in [6, 6.07) is 9.70. The van der Waals surface area contributed by atoms with Gasteiger partial charge in [-0.25, -0.2) is 0 Å². The smallest absolute Gasteiger partial charge is 0.136 e. The molecule has 1 heterocycles. The normalized spacial score (nSPS) is 19.2. The largest absolute Gasteiger partial charge is 0.380 e. The van der Waals surface area contributed by atoms with Gasteiger partial charge in [0.2, 0.25) is 0 Å². The maximum absolute atomic E-state index is 9.91. The zero-order valence-corrected chi connectivity index (χ0v) is 7.36. The first-order valence-electron chi connectivity index (χ1n) is 4.27. The fourth-order valence-electron chi connectivity index (χ4n) is 1.38. The molecule has 0 bridgehead atoms. The zero-order chi connectivity index (χ0) is 9.31. The Morgan fingerprint density at radius 3 is 2.38 bits per heavy atom. The van der Waals surface area contributed by atoms with Gasteiger partial charge in [0.15, 0.2) is 0 Å². The monoisotopic (exact) mass is 176 g/mol. The summed E-state index contributed by atoms with van der Waals surface area (Å²) < 4.78 is 4.97. The Morgan fingerprint density at radius 2 is 1.92 bits per heavy atom. The van der Waals surface area contributed by atoms with E-state index >= 15 is 0 Å². The average molecular weight is 176 g/mol. The Kier molecular flexibility index (Phi) is 1.94. The molecule has 1 saturated heterocycles. The van der Waals surface area contributed by atoms with Crippen LogP contribution >= 0.6 is 0 Å². The van der Waals surface area contributed by atoms with Crippen molar-refractivity contribution < 1.29 is 9.84 Å². The zero-order valence-electron chi connectivity index (χ0n) is 7.36. The van der Waals surface area contributed by atoms with Crippen molar-refractivity contribution >= 4 is 5.57 Å². The predicted molar refractivity (Wildman–Crippen MR) is 51.2 cm³/mol. The summed E-state index contributed by atoms with van der Waals surface area (Å²) in [4.78, 5) is 0. The molecule has 2 heteroatoms. The quantitative estimate of drug-likeness (QED) is 0.739. The van der Waals surface area contributed by atoms with Crippen molar-refractivity contribution in [2.75, 3.05) is 13.2 Å². The van der Waals surface area contributed by atoms with Crippen LogP contribution in [0.2, 0.25) is 0 Å². The Hall–Kier alpha value is -1.12. The summed E-state index contributed by atoms with van der Waals surface area (Å²) >= 11 is 0. The maximum Gasteiger partial charge on any atom is 0.136 e. The van der Waals surface area contributed by atoms with E-state index in [1.807, 2.05) is 30.3 Å². The third-order valence-corrected chi connectivity index (χ3v) is 2.37. The van der Waals surface area contributed by atoms with Gasteiger partial charge in [-0.05, 0) is 11.1 Å². The molecule has 1 N–H and O–H groups in total. The van der Waals surface area contributed by atoms with E-state index < -0.39 is 5.60 Å². The second kappa shape index (κ2) is 2.98. The third kappa shape index (κ3) is 1.39. The highest BCUT2D eigenvalue weighted by Crippen LogP contribution is 2.31. The average Bonchev–Trinajstić information content (AvgIpc) is 2.14. The Morgan fingerprint density at radius 1 is 1.31 bits per heavy atom. The lowest BCUT2D eigenvalue weighted by atomic mass is 9.88. The molecular formula is C11H12O2. The topological polar surface area (TPSA) is 29.5 Å². The third-order valence-electron chi connectivity index (χ3n) is 2.37. The van der Waals surface area contributed by atoms with E-state index in [9.17, 15) is 5.11 Å². The Labute approximate surface area is 77.5 Å². The number of rotatable bonds is 2. The molecule has 0 aromatic heterocycles. The lowest BCUT2D eigenvalue weighted by molar-refractivity contribution is -0.140. The summed E-state index contributed by atoms with van der Waals surface area (Å²) in [5.74, 6) is 0. The fraction of sp³-hybridized carbons (Fsp3) is 0.273. The molecule has 13 heavy (non-hydrogen) atoms. The van der Waals surface area contributed by atoms with E-state index in [4.69, 9.17) is 4.74 Å². The van der Waals surface area contributed by atoms with E-state index in [1.54, 1.807) is 0 Å². The molecule has 1 aliphatic heterocycles. The van der Waals surface area contributed by atoms with Crippen molar-refractivity contribution in [2.45, 2.75) is 5.60 Å². The first kappa shape index (κ1) is 8.48. The number of hydrogen-bond donors (Lipinski definition) is 1. The van der Waals surface area contributed by atoms with Crippen LogP contribution in [0.3, 0.4) is 0 Å². The summed E-state index contributed by atoms with van der Waals surface area (Å²) in [5.41, 5.74) is 0.897. The van der Waals surface area contributed by atoms with Gasteiger partial charge in [0, 0.05) is 0 Å². The van der Waals surface area contributed by atoms with Crippen molar-refractivity contribution in [3.8, 4) is 0 Å². The van der Waals surface area contributed by atoms with Crippen LogP contribution in [0, 0.1) is 0 Å². The lowest BCUT2D eigenvalue weighted by Gasteiger charge is -2.38. The highest BCUT2D eigenvalue weighted by atomic mass is 16.5. The highest BCUT2D eigenvalue weighted by molar-refractivity contribution is 5.71. The molecule has 0 saturated carbocycles. The molecule has 68 valence electrons. The van der Waals surface area contributed by atoms with Gasteiger partial charge in [-0.2, -0.15) is 0 Å². The van der Waals surface area contributed by atoms with Gasteiger partial charge in [0.1, 0.15) is 5.60 Å². The Balaban J connectivity index is 2.23. The van der Waals surface area contributed by atoms with Gasteiger partial charge in [0.05, 0.1) is 13.2 Å². The number of ether oxygens (including phenoxy) is 1. The van der Waals surface area contributed by atoms with Gasteiger partial charge in [0.25, 0.3) is 0 Å². The minimum absolute atomic E-state index is 0.362. The molecule has 0 radical (unpaired) electrons. The molecule has 0 aliphatic carbocycles. The Bertz CT molecular complexity index is 312. The van der Waals surface area contributed by atoms with Crippen molar-refractivity contribution in [1.29, 1.82) is 0 Å². The van der Waals surface area contributed by atoms with Crippen LogP contribution in [-0.4, -0.2) is 23.9 Å². The van der Waals surface area contributed by atoms with Gasteiger partial charge >= 0.3 is 0 Å². The van der Waals surface area contributed by atoms with Crippen molar-refractivity contribution in [3.05, 3.63) is 42.5 Å². The molecule has 1 aromatic rings. The minimum atomic E-state index is -0.832. The summed E-state index contributed by atoms with van der Waals surface area (Å²) in [5, 5.41) is 9.91. The van der Waals surface area contributed by atoms with Gasteiger partial charge in [-0.1, -0.05) is 36.9 Å². The van der Waals surface area contributed by atoms with E-state index in [2.05, 4.69) is 6.58 Å². The lowest BCUT2D eigenvalue weighted by Crippen LogP contribution is -2.50. The first-order chi connectivity index (χ1) is 6.22. The van der Waals surface area contributed by atoms with Crippen LogP contribution in [-0.2, 0) is 4.74 Å². The number of aliphatic hydroxyl groups is 1. The van der Waals surface area contributed by atoms with E-state index in [0.29, 0.717) is 13.2 Å². The second-order valence-corrected chi connectivity index (χ2v) is 3.37. The molecule has 0 spiro atoms. The molecule has 1 fully saturated rings. The van der Waals surface area contributed by atoms with Crippen molar-refractivity contribution in [1.82, 2.24) is 0 Å². The van der Waals surface area contributed by atoms with E-state index in [1.165, 1.54) is 0 Å². The molecule has 2 rings (SSSR count). The first-order valence-corrected chi connectivity index (χ1v) is 4.27. The van der Waals surface area contributed by atoms with E-state index in [-0.39, 0.29) is 0 Å². The van der Waals surface area contributed by atoms with E-state index in [0.717, 1.165) is 11.1 Å². The molecule has 1 aliphatic rings. The number of hydrogen-bond acceptors (Lipinski definition) is 2. The summed E-state index contributed by atoms with van der Waals surface area (Å²) in [7, 11) is 0. The van der Waals surface area contributed by atoms with Crippen LogP contribution in [0.4, 0.5) is 0 Å². The molecule has 0 atom stereocenters. The van der Waals surface area contributed by atoms with Crippen molar-refractivity contribution in [3.63, 3.8) is 0 Å². The highest BCUT2D eigenvalue weighted by Gasteiger charge is 2.39. The van der Waals surface area contributed by atoms with Gasteiger partial charge in [-0.15, -0.1) is 0 Å². The van der Waals surface area contributed by atoms with Crippen LogP contribution in [0.5, 0.6) is 0 Å². The van der Waals surface area contributed by atoms with Crippen LogP contribution < -0.4 is 0 Å². The molecule has 1 aromatic carbocycles. The maximum atomic E-state index is 9.91.